The van der Waals surface area contributed by atoms with Crippen molar-refractivity contribution < 1.29 is 0 Å². The van der Waals surface area contributed by atoms with E-state index in [0.29, 0.717) is 6.42 Å². The molecule has 0 unspecified atom stereocenters. The van der Waals surface area contributed by atoms with E-state index in [-0.39, 0.29) is 0 Å². The van der Waals surface area contributed by atoms with Gasteiger partial charge in [-0.1, -0.05) is 46.3 Å². The first-order valence-corrected chi connectivity index (χ1v) is 5.14. The predicted octanol–water partition coefficient (Wildman–Crippen LogP) is 3.67. The maximum atomic E-state index is 8.59. The van der Waals surface area contributed by atoms with E-state index < -0.39 is 0 Å². The summed E-state index contributed by atoms with van der Waals surface area (Å²) in [5.41, 5.74) is 1.07. The summed E-state index contributed by atoms with van der Waals surface area (Å²) in [7, 11) is 0. The number of halogens is 1. The van der Waals surface area contributed by atoms with Gasteiger partial charge in [0.05, 0.1) is 12.5 Å². The molecule has 0 spiro atoms. The van der Waals surface area contributed by atoms with Gasteiger partial charge < -0.3 is 0 Å². The number of benzene rings is 2. The fourth-order valence-electron chi connectivity index (χ4n) is 1.49. The first kappa shape index (κ1) is 9.23. The summed E-state index contributed by atoms with van der Waals surface area (Å²) in [5.74, 6) is 0. The van der Waals surface area contributed by atoms with Crippen LogP contribution in [0.4, 0.5) is 0 Å². The summed E-state index contributed by atoms with van der Waals surface area (Å²) in [6.07, 6.45) is 0.475. The Bertz CT molecular complexity index is 511. The second-order valence-corrected chi connectivity index (χ2v) is 3.98. The summed E-state index contributed by atoms with van der Waals surface area (Å²) in [6.45, 7) is 0. The van der Waals surface area contributed by atoms with Crippen LogP contribution in [0.15, 0.2) is 40.9 Å². The fraction of sp³-hybridized carbons (Fsp3) is 0.0833. The van der Waals surface area contributed by atoms with E-state index in [9.17, 15) is 0 Å². The van der Waals surface area contributed by atoms with Gasteiger partial charge in [0.15, 0.2) is 0 Å². The van der Waals surface area contributed by atoms with Crippen LogP contribution in [0.5, 0.6) is 0 Å². The molecule has 2 aromatic rings. The highest BCUT2D eigenvalue weighted by Gasteiger charge is 1.98. The van der Waals surface area contributed by atoms with Gasteiger partial charge >= 0.3 is 0 Å². The molecule has 0 radical (unpaired) electrons. The van der Waals surface area contributed by atoms with Crippen LogP contribution >= 0.6 is 15.9 Å². The number of fused-ring (bicyclic) bond motifs is 1. The van der Waals surface area contributed by atoms with Crippen molar-refractivity contribution in [2.75, 3.05) is 0 Å². The molecular weight excluding hydrogens is 238 g/mol. The molecule has 0 aliphatic carbocycles. The van der Waals surface area contributed by atoms with Gasteiger partial charge in [0.25, 0.3) is 0 Å². The lowest BCUT2D eigenvalue weighted by Crippen LogP contribution is -1.82. The van der Waals surface area contributed by atoms with E-state index in [0.717, 1.165) is 10.0 Å². The van der Waals surface area contributed by atoms with Crippen LogP contribution < -0.4 is 0 Å². The Morgan fingerprint density at radius 1 is 1.21 bits per heavy atom. The number of nitriles is 1. The minimum Gasteiger partial charge on any atom is -0.198 e. The topological polar surface area (TPSA) is 23.8 Å². The van der Waals surface area contributed by atoms with Gasteiger partial charge in [0.2, 0.25) is 0 Å². The molecule has 0 aliphatic rings. The second-order valence-electron chi connectivity index (χ2n) is 3.13. The summed E-state index contributed by atoms with van der Waals surface area (Å²) in [5, 5.41) is 10.9. The van der Waals surface area contributed by atoms with Gasteiger partial charge in [-0.2, -0.15) is 5.26 Å². The van der Waals surface area contributed by atoms with Crippen molar-refractivity contribution >= 4 is 26.7 Å². The number of hydrogen-bond acceptors (Lipinski definition) is 1. The van der Waals surface area contributed by atoms with Crippen LogP contribution in [0.2, 0.25) is 0 Å². The highest BCUT2D eigenvalue weighted by Crippen LogP contribution is 2.24. The Kier molecular flexibility index (Phi) is 2.51. The molecule has 0 heterocycles. The lowest BCUT2D eigenvalue weighted by atomic mass is 10.1. The Hall–Kier alpha value is -1.33. The van der Waals surface area contributed by atoms with Crippen molar-refractivity contribution in [3.63, 3.8) is 0 Å². The van der Waals surface area contributed by atoms with Gasteiger partial charge in [-0.05, 0) is 22.4 Å². The lowest BCUT2D eigenvalue weighted by Gasteiger charge is -2.01. The molecule has 68 valence electrons. The fourth-order valence-corrected chi connectivity index (χ4v) is 2.01. The van der Waals surface area contributed by atoms with E-state index in [1.165, 1.54) is 10.8 Å². The van der Waals surface area contributed by atoms with Crippen LogP contribution in [0.25, 0.3) is 10.8 Å². The van der Waals surface area contributed by atoms with Gasteiger partial charge in [-0.25, -0.2) is 0 Å². The quantitative estimate of drug-likeness (QED) is 0.753. The van der Waals surface area contributed by atoms with Gasteiger partial charge in [0, 0.05) is 4.47 Å². The third-order valence-electron chi connectivity index (χ3n) is 2.17. The smallest absolute Gasteiger partial charge is 0.0669 e. The molecule has 0 saturated carbocycles. The van der Waals surface area contributed by atoms with Crippen molar-refractivity contribution in [3.8, 4) is 6.07 Å². The second kappa shape index (κ2) is 3.81. The zero-order valence-corrected chi connectivity index (χ0v) is 9.08. The largest absolute Gasteiger partial charge is 0.198 e. The van der Waals surface area contributed by atoms with Crippen molar-refractivity contribution in [2.24, 2.45) is 0 Å². The van der Waals surface area contributed by atoms with Crippen LogP contribution in [-0.2, 0) is 6.42 Å². The van der Waals surface area contributed by atoms with E-state index in [2.05, 4.69) is 34.1 Å². The number of hydrogen-bond donors (Lipinski definition) is 0. The summed E-state index contributed by atoms with van der Waals surface area (Å²) < 4.78 is 1.10. The van der Waals surface area contributed by atoms with Crippen LogP contribution in [0.1, 0.15) is 5.56 Å². The molecule has 0 atom stereocenters. The zero-order chi connectivity index (χ0) is 9.97. The van der Waals surface area contributed by atoms with Gasteiger partial charge in [0.1, 0.15) is 0 Å². The predicted molar refractivity (Wildman–Crippen MR) is 61.0 cm³/mol. The molecule has 0 bridgehead atoms. The maximum Gasteiger partial charge on any atom is 0.0669 e. The Morgan fingerprint density at radius 3 is 2.86 bits per heavy atom. The lowest BCUT2D eigenvalue weighted by molar-refractivity contribution is 1.27. The molecule has 0 fully saturated rings. The molecule has 0 saturated heterocycles. The Morgan fingerprint density at radius 2 is 2.07 bits per heavy atom. The molecule has 0 amide bonds. The highest BCUT2D eigenvalue weighted by molar-refractivity contribution is 9.10. The standard InChI is InChI=1S/C12H8BrN/c13-12-3-1-2-10-8-9(6-7-14)4-5-11(10)12/h1-5,8H,6H2. The number of nitrogens with zero attached hydrogens (tertiary/aromatic N) is 1. The van der Waals surface area contributed by atoms with E-state index in [1.54, 1.807) is 0 Å². The minimum atomic E-state index is 0.475. The molecule has 14 heavy (non-hydrogen) atoms. The van der Waals surface area contributed by atoms with Crippen molar-refractivity contribution in [1.29, 1.82) is 5.26 Å². The van der Waals surface area contributed by atoms with Crippen molar-refractivity contribution in [2.45, 2.75) is 6.42 Å². The summed E-state index contributed by atoms with van der Waals surface area (Å²) in [6, 6.07) is 14.3. The van der Waals surface area contributed by atoms with E-state index >= 15 is 0 Å². The van der Waals surface area contributed by atoms with E-state index in [4.69, 9.17) is 5.26 Å². The van der Waals surface area contributed by atoms with Gasteiger partial charge in [-0.15, -0.1) is 0 Å². The molecule has 2 heteroatoms. The minimum absolute atomic E-state index is 0.475. The third kappa shape index (κ3) is 1.64. The molecule has 2 rings (SSSR count). The molecule has 0 aromatic heterocycles. The van der Waals surface area contributed by atoms with Crippen molar-refractivity contribution in [1.82, 2.24) is 0 Å². The average Bonchev–Trinajstić information content (AvgIpc) is 2.18. The highest BCUT2D eigenvalue weighted by atomic mass is 79.9. The number of rotatable bonds is 1. The first-order chi connectivity index (χ1) is 6.81. The molecule has 1 nitrogen and oxygen atoms in total. The maximum absolute atomic E-state index is 8.59. The summed E-state index contributed by atoms with van der Waals surface area (Å²) in [4.78, 5) is 0. The van der Waals surface area contributed by atoms with Crippen LogP contribution in [-0.4, -0.2) is 0 Å². The molecule has 2 aromatic carbocycles. The van der Waals surface area contributed by atoms with E-state index in [1.807, 2.05) is 24.3 Å². The Labute approximate surface area is 91.1 Å². The Balaban J connectivity index is 2.63. The average molecular weight is 246 g/mol. The normalized spacial score (nSPS) is 10.0. The van der Waals surface area contributed by atoms with Crippen LogP contribution in [0.3, 0.4) is 0 Å². The molecular formula is C12H8BrN. The van der Waals surface area contributed by atoms with Crippen molar-refractivity contribution in [3.05, 3.63) is 46.4 Å². The SMILES string of the molecule is N#CCc1ccc2c(Br)cccc2c1. The third-order valence-corrected chi connectivity index (χ3v) is 2.87. The molecule has 0 aliphatic heterocycles. The van der Waals surface area contributed by atoms with Crippen LogP contribution in [0, 0.1) is 11.3 Å². The summed E-state index contributed by atoms with van der Waals surface area (Å²) >= 11 is 3.50. The monoisotopic (exact) mass is 245 g/mol. The molecule has 0 N–H and O–H groups in total. The zero-order valence-electron chi connectivity index (χ0n) is 7.50. The van der Waals surface area contributed by atoms with Gasteiger partial charge in [-0.3, -0.25) is 0 Å². The first-order valence-electron chi connectivity index (χ1n) is 4.35.